The number of hydrogen-bond acceptors (Lipinski definition) is 7. The Morgan fingerprint density at radius 1 is 0.676 bits per heavy atom. The highest BCUT2D eigenvalue weighted by atomic mass is 28.4. The molecule has 34 heavy (non-hydrogen) atoms. The van der Waals surface area contributed by atoms with Crippen LogP contribution in [0, 0.1) is 22.2 Å². The van der Waals surface area contributed by atoms with Crippen molar-refractivity contribution in [2.45, 2.75) is 84.0 Å². The standard InChI is InChI=1S/C26H46O7Si/c1-4-24(12-27-13-24)18-30-34(31-19-25(5-2)14-28-15-25,32-20-26(6-3)16-29-17-26)10-9-21-7-8-22-23(11-21)33-22/h21-23H,4-20H2,1-3H3. The number of rotatable bonds is 15. The van der Waals surface area contributed by atoms with Crippen molar-refractivity contribution in [3.63, 3.8) is 0 Å². The Kier molecular flexibility index (Phi) is 7.80. The van der Waals surface area contributed by atoms with Crippen molar-refractivity contribution in [2.24, 2.45) is 22.2 Å². The molecule has 0 aromatic heterocycles. The fourth-order valence-electron chi connectivity index (χ4n) is 5.60. The van der Waals surface area contributed by atoms with E-state index < -0.39 is 8.80 Å². The zero-order valence-corrected chi connectivity index (χ0v) is 22.6. The fraction of sp³-hybridized carbons (Fsp3) is 1.00. The molecule has 0 aromatic carbocycles. The Balaban J connectivity index is 1.30. The van der Waals surface area contributed by atoms with Gasteiger partial charge in [0.15, 0.2) is 0 Å². The predicted molar refractivity (Wildman–Crippen MR) is 130 cm³/mol. The van der Waals surface area contributed by atoms with Gasteiger partial charge < -0.3 is 32.2 Å². The van der Waals surface area contributed by atoms with Crippen LogP contribution in [0.25, 0.3) is 0 Å². The van der Waals surface area contributed by atoms with Gasteiger partial charge in [0.05, 0.1) is 51.8 Å². The van der Waals surface area contributed by atoms with Gasteiger partial charge in [-0.15, -0.1) is 0 Å². The summed E-state index contributed by atoms with van der Waals surface area (Å²) >= 11 is 0. The zero-order valence-electron chi connectivity index (χ0n) is 21.6. The van der Waals surface area contributed by atoms with Gasteiger partial charge in [0.25, 0.3) is 0 Å². The highest BCUT2D eigenvalue weighted by molar-refractivity contribution is 6.60. The van der Waals surface area contributed by atoms with Crippen molar-refractivity contribution in [3.8, 4) is 0 Å². The second-order valence-corrected chi connectivity index (χ2v) is 14.8. The Bertz CT molecular complexity index is 595. The summed E-state index contributed by atoms with van der Waals surface area (Å²) in [6.45, 7) is 13.4. The highest BCUT2D eigenvalue weighted by Gasteiger charge is 2.52. The predicted octanol–water partition coefficient (Wildman–Crippen LogP) is 4.21. The average Bonchev–Trinajstić information content (AvgIpc) is 3.55. The Morgan fingerprint density at radius 2 is 1.15 bits per heavy atom. The van der Waals surface area contributed by atoms with E-state index >= 15 is 0 Å². The zero-order chi connectivity index (χ0) is 23.7. The molecule has 0 bridgehead atoms. The van der Waals surface area contributed by atoms with Gasteiger partial charge >= 0.3 is 8.80 Å². The minimum Gasteiger partial charge on any atom is -0.380 e. The lowest BCUT2D eigenvalue weighted by atomic mass is 9.84. The quantitative estimate of drug-likeness (QED) is 0.247. The molecule has 0 amide bonds. The molecule has 0 spiro atoms. The van der Waals surface area contributed by atoms with Crippen molar-refractivity contribution < 1.29 is 32.2 Å². The van der Waals surface area contributed by atoms with Crippen LogP contribution in [0.1, 0.15) is 65.7 Å². The van der Waals surface area contributed by atoms with E-state index in [0.717, 1.165) is 71.4 Å². The van der Waals surface area contributed by atoms with Crippen LogP contribution < -0.4 is 0 Å². The molecule has 7 nitrogen and oxygen atoms in total. The molecule has 5 rings (SSSR count). The SMILES string of the molecule is CCC1(CO[Si](CCC2CCC3OC3C2)(OCC2(CC)COC2)OCC2(CC)COC2)COC1. The first kappa shape index (κ1) is 25.6. The van der Waals surface area contributed by atoms with Crippen LogP contribution in [0.15, 0.2) is 0 Å². The summed E-state index contributed by atoms with van der Waals surface area (Å²) < 4.78 is 43.2. The Morgan fingerprint density at radius 3 is 1.50 bits per heavy atom. The first-order valence-corrected chi connectivity index (χ1v) is 15.7. The molecule has 8 heteroatoms. The third kappa shape index (κ3) is 5.44. The molecule has 196 valence electrons. The normalized spacial score (nSPS) is 32.7. The molecule has 5 fully saturated rings. The summed E-state index contributed by atoms with van der Waals surface area (Å²) in [5, 5.41) is 0. The van der Waals surface area contributed by atoms with E-state index in [1.165, 1.54) is 19.3 Å². The molecule has 5 aliphatic rings. The molecular formula is C26H46O7Si. The Hall–Kier alpha value is -0.0631. The van der Waals surface area contributed by atoms with Crippen molar-refractivity contribution in [1.82, 2.24) is 0 Å². The fourth-order valence-corrected chi connectivity index (χ4v) is 8.62. The lowest BCUT2D eigenvalue weighted by molar-refractivity contribution is -0.168. The number of epoxide rings is 1. The molecule has 1 saturated carbocycles. The topological polar surface area (TPSA) is 67.9 Å². The van der Waals surface area contributed by atoms with E-state index in [4.69, 9.17) is 32.2 Å². The van der Waals surface area contributed by atoms with Gasteiger partial charge in [-0.25, -0.2) is 0 Å². The van der Waals surface area contributed by atoms with Crippen molar-refractivity contribution >= 4 is 8.80 Å². The van der Waals surface area contributed by atoms with Gasteiger partial charge in [-0.1, -0.05) is 20.8 Å². The first-order chi connectivity index (χ1) is 16.5. The molecule has 3 atom stereocenters. The second-order valence-electron chi connectivity index (χ2n) is 12.0. The van der Waals surface area contributed by atoms with Crippen LogP contribution in [-0.2, 0) is 32.2 Å². The molecule has 1 aliphatic carbocycles. The largest absolute Gasteiger partial charge is 0.501 e. The third-order valence-corrected chi connectivity index (χ3v) is 12.1. The molecule has 0 aromatic rings. The van der Waals surface area contributed by atoms with E-state index in [9.17, 15) is 0 Å². The second kappa shape index (κ2) is 10.4. The number of ether oxygens (including phenoxy) is 4. The minimum absolute atomic E-state index is 0.106. The molecule has 3 unspecified atom stereocenters. The minimum atomic E-state index is -2.92. The van der Waals surface area contributed by atoms with Crippen molar-refractivity contribution in [1.29, 1.82) is 0 Å². The van der Waals surface area contributed by atoms with E-state index in [0.29, 0.717) is 37.9 Å². The van der Waals surface area contributed by atoms with Crippen molar-refractivity contribution in [2.75, 3.05) is 59.5 Å². The van der Waals surface area contributed by atoms with Crippen molar-refractivity contribution in [3.05, 3.63) is 0 Å². The van der Waals surface area contributed by atoms with Crippen LogP contribution in [0.4, 0.5) is 0 Å². The van der Waals surface area contributed by atoms with Gasteiger partial charge in [-0.2, -0.15) is 0 Å². The van der Waals surface area contributed by atoms with Gasteiger partial charge in [0, 0.05) is 42.1 Å². The van der Waals surface area contributed by atoms with Gasteiger partial charge in [-0.05, 0) is 50.9 Å². The van der Waals surface area contributed by atoms with Gasteiger partial charge in [0.2, 0.25) is 0 Å². The summed E-state index contributed by atoms with van der Waals surface area (Å²) in [4.78, 5) is 0. The van der Waals surface area contributed by atoms with Gasteiger partial charge in [0.1, 0.15) is 0 Å². The van der Waals surface area contributed by atoms with E-state index in [1.54, 1.807) is 0 Å². The molecular weight excluding hydrogens is 452 g/mol. The highest BCUT2D eigenvalue weighted by Crippen LogP contribution is 2.43. The summed E-state index contributed by atoms with van der Waals surface area (Å²) in [6.07, 6.45) is 8.93. The van der Waals surface area contributed by atoms with E-state index in [2.05, 4.69) is 20.8 Å². The number of hydrogen-bond donors (Lipinski definition) is 0. The van der Waals surface area contributed by atoms with Crippen LogP contribution >= 0.6 is 0 Å². The number of fused-ring (bicyclic) bond motifs is 1. The molecule has 0 N–H and O–H groups in total. The lowest BCUT2D eigenvalue weighted by Gasteiger charge is -2.47. The third-order valence-electron chi connectivity index (χ3n) is 9.47. The summed E-state index contributed by atoms with van der Waals surface area (Å²) in [5.41, 5.74) is 0.318. The molecule has 4 heterocycles. The Labute approximate surface area is 206 Å². The summed E-state index contributed by atoms with van der Waals surface area (Å²) in [6, 6.07) is 0.886. The van der Waals surface area contributed by atoms with Crippen LogP contribution in [0.5, 0.6) is 0 Å². The molecule has 4 aliphatic heterocycles. The first-order valence-electron chi connectivity index (χ1n) is 13.8. The van der Waals surface area contributed by atoms with E-state index in [-0.39, 0.29) is 16.2 Å². The maximum Gasteiger partial charge on any atom is 0.501 e. The van der Waals surface area contributed by atoms with Gasteiger partial charge in [-0.3, -0.25) is 0 Å². The van der Waals surface area contributed by atoms with Crippen LogP contribution in [-0.4, -0.2) is 80.5 Å². The van der Waals surface area contributed by atoms with Crippen LogP contribution in [0.2, 0.25) is 6.04 Å². The smallest absolute Gasteiger partial charge is 0.380 e. The van der Waals surface area contributed by atoms with E-state index in [1.807, 2.05) is 0 Å². The maximum absolute atomic E-state index is 6.87. The monoisotopic (exact) mass is 498 g/mol. The maximum atomic E-state index is 6.87. The van der Waals surface area contributed by atoms with Crippen LogP contribution in [0.3, 0.4) is 0 Å². The summed E-state index contributed by atoms with van der Waals surface area (Å²) in [7, 11) is -2.92. The average molecular weight is 499 g/mol. The molecule has 4 saturated heterocycles. The summed E-state index contributed by atoms with van der Waals surface area (Å²) in [5.74, 6) is 0.679. The molecule has 0 radical (unpaired) electrons. The lowest BCUT2D eigenvalue weighted by Crippen LogP contribution is -2.57.